The second-order valence-corrected chi connectivity index (χ2v) is 7.99. The number of nitrogens with one attached hydrogen (secondary N) is 1. The summed E-state index contributed by atoms with van der Waals surface area (Å²) in [5.74, 6) is -2.78. The van der Waals surface area contributed by atoms with Gasteiger partial charge in [0.1, 0.15) is 6.04 Å². The Balaban J connectivity index is 1.62. The maximum Gasteiger partial charge on any atom is 0.329 e. The fourth-order valence-electron chi connectivity index (χ4n) is 3.62. The number of thioether (sulfide) groups is 1. The van der Waals surface area contributed by atoms with Gasteiger partial charge in [0.25, 0.3) is 5.91 Å². The van der Waals surface area contributed by atoms with Gasteiger partial charge in [-0.15, -0.1) is 11.8 Å². The molecule has 0 bridgehead atoms. The van der Waals surface area contributed by atoms with E-state index in [2.05, 4.69) is 5.32 Å². The third-order valence-electron chi connectivity index (χ3n) is 5.30. The number of carbonyl (C=O) groups excluding carboxylic acids is 4. The van der Waals surface area contributed by atoms with Crippen molar-refractivity contribution in [2.45, 2.75) is 43.7 Å². The van der Waals surface area contributed by atoms with E-state index in [1.54, 1.807) is 12.1 Å². The summed E-state index contributed by atoms with van der Waals surface area (Å²) in [5.41, 5.74) is 0.627. The number of imide groups is 1. The molecule has 0 aromatic heterocycles. The molecule has 7 nitrogen and oxygen atoms in total. The van der Waals surface area contributed by atoms with E-state index in [0.29, 0.717) is 18.5 Å². The summed E-state index contributed by atoms with van der Waals surface area (Å²) < 4.78 is 5.26. The topological polar surface area (TPSA) is 92.8 Å². The van der Waals surface area contributed by atoms with Crippen LogP contribution >= 0.6 is 11.8 Å². The van der Waals surface area contributed by atoms with Gasteiger partial charge in [0.2, 0.25) is 11.8 Å². The number of nitrogens with zero attached hydrogens (tertiary/aromatic N) is 1. The SMILES string of the molecule is CSc1ccccc1NC(=O)[C@@H](C)OC(=O)[C@@H](C)N1C(=O)[C@H]2CC=CC[C@H]2C1=O. The summed E-state index contributed by atoms with van der Waals surface area (Å²) in [4.78, 5) is 52.1. The van der Waals surface area contributed by atoms with Crippen LogP contribution in [0.5, 0.6) is 0 Å². The van der Waals surface area contributed by atoms with Crippen molar-refractivity contribution in [3.05, 3.63) is 36.4 Å². The zero-order valence-electron chi connectivity index (χ0n) is 16.6. The van der Waals surface area contributed by atoms with E-state index in [0.717, 1.165) is 9.80 Å². The molecule has 154 valence electrons. The second-order valence-electron chi connectivity index (χ2n) is 7.15. The van der Waals surface area contributed by atoms with Crippen LogP contribution in [0.15, 0.2) is 41.3 Å². The van der Waals surface area contributed by atoms with Crippen molar-refractivity contribution in [2.75, 3.05) is 11.6 Å². The summed E-state index contributed by atoms with van der Waals surface area (Å²) in [6.07, 6.45) is 5.60. The molecular formula is C21H24N2O5S. The summed E-state index contributed by atoms with van der Waals surface area (Å²) in [7, 11) is 0. The molecule has 1 aliphatic carbocycles. The maximum atomic E-state index is 12.6. The highest BCUT2D eigenvalue weighted by atomic mass is 32.2. The van der Waals surface area contributed by atoms with Crippen LogP contribution in [0, 0.1) is 11.8 Å². The number of fused-ring (bicyclic) bond motifs is 1. The Morgan fingerprint density at radius 2 is 1.69 bits per heavy atom. The molecule has 1 heterocycles. The predicted octanol–water partition coefficient (Wildman–Crippen LogP) is 2.62. The minimum Gasteiger partial charge on any atom is -0.451 e. The maximum absolute atomic E-state index is 12.6. The lowest BCUT2D eigenvalue weighted by Crippen LogP contribution is -2.46. The fourth-order valence-corrected chi connectivity index (χ4v) is 4.18. The molecule has 1 aliphatic heterocycles. The molecule has 4 atom stereocenters. The number of carbonyl (C=O) groups is 4. The third-order valence-corrected chi connectivity index (χ3v) is 6.09. The van der Waals surface area contributed by atoms with Gasteiger partial charge in [-0.2, -0.15) is 0 Å². The predicted molar refractivity (Wildman–Crippen MR) is 109 cm³/mol. The van der Waals surface area contributed by atoms with Crippen molar-refractivity contribution in [3.63, 3.8) is 0 Å². The minimum absolute atomic E-state index is 0.347. The highest BCUT2D eigenvalue weighted by molar-refractivity contribution is 7.98. The number of rotatable bonds is 6. The number of benzene rings is 1. The fraction of sp³-hybridized carbons (Fsp3) is 0.429. The van der Waals surface area contributed by atoms with Gasteiger partial charge in [-0.3, -0.25) is 19.3 Å². The number of hydrogen-bond donors (Lipinski definition) is 1. The van der Waals surface area contributed by atoms with Crippen molar-refractivity contribution in [3.8, 4) is 0 Å². The first-order chi connectivity index (χ1) is 13.8. The van der Waals surface area contributed by atoms with Gasteiger partial charge < -0.3 is 10.1 Å². The number of amides is 3. The summed E-state index contributed by atoms with van der Waals surface area (Å²) in [6, 6.07) is 6.22. The molecule has 1 N–H and O–H groups in total. The van der Waals surface area contributed by atoms with Crippen LogP contribution in [0.3, 0.4) is 0 Å². The van der Waals surface area contributed by atoms with Gasteiger partial charge in [-0.1, -0.05) is 24.3 Å². The zero-order chi connectivity index (χ0) is 21.1. The van der Waals surface area contributed by atoms with E-state index in [1.807, 2.05) is 30.5 Å². The molecule has 0 unspecified atom stereocenters. The second kappa shape index (κ2) is 8.82. The number of anilines is 1. The lowest BCUT2D eigenvalue weighted by molar-refractivity contribution is -0.163. The van der Waals surface area contributed by atoms with Crippen LogP contribution in [0.1, 0.15) is 26.7 Å². The summed E-state index contributed by atoms with van der Waals surface area (Å²) in [6.45, 7) is 2.91. The van der Waals surface area contributed by atoms with Gasteiger partial charge in [0.05, 0.1) is 17.5 Å². The smallest absolute Gasteiger partial charge is 0.329 e. The highest BCUT2D eigenvalue weighted by Crippen LogP contribution is 2.36. The average Bonchev–Trinajstić information content (AvgIpc) is 2.98. The number of ether oxygens (including phenoxy) is 1. The van der Waals surface area contributed by atoms with Crippen LogP contribution in [-0.2, 0) is 23.9 Å². The van der Waals surface area contributed by atoms with E-state index in [1.165, 1.54) is 25.6 Å². The first kappa shape index (κ1) is 21.1. The normalized spacial score (nSPS) is 22.8. The van der Waals surface area contributed by atoms with Gasteiger partial charge in [0, 0.05) is 4.90 Å². The van der Waals surface area contributed by atoms with Crippen molar-refractivity contribution in [1.82, 2.24) is 4.90 Å². The largest absolute Gasteiger partial charge is 0.451 e. The molecule has 2 aliphatic rings. The van der Waals surface area contributed by atoms with Crippen LogP contribution in [0.4, 0.5) is 5.69 Å². The lowest BCUT2D eigenvalue weighted by atomic mass is 9.85. The first-order valence-electron chi connectivity index (χ1n) is 9.51. The Morgan fingerprint density at radius 1 is 1.10 bits per heavy atom. The number of para-hydroxylation sites is 1. The number of esters is 1. The Kier molecular flexibility index (Phi) is 6.42. The molecule has 0 spiro atoms. The van der Waals surface area contributed by atoms with Crippen molar-refractivity contribution < 1.29 is 23.9 Å². The molecule has 1 fully saturated rings. The van der Waals surface area contributed by atoms with Gasteiger partial charge in [-0.05, 0) is 45.1 Å². The molecule has 3 amide bonds. The molecule has 3 rings (SSSR count). The van der Waals surface area contributed by atoms with Crippen molar-refractivity contribution in [1.29, 1.82) is 0 Å². The molecular weight excluding hydrogens is 392 g/mol. The Morgan fingerprint density at radius 3 is 2.28 bits per heavy atom. The van der Waals surface area contributed by atoms with E-state index in [4.69, 9.17) is 4.74 Å². The van der Waals surface area contributed by atoms with Crippen LogP contribution in [-0.4, -0.2) is 47.0 Å². The molecule has 0 radical (unpaired) electrons. The number of likely N-dealkylation sites (tertiary alicyclic amines) is 1. The van der Waals surface area contributed by atoms with Crippen LogP contribution < -0.4 is 5.32 Å². The third kappa shape index (κ3) is 4.22. The standard InChI is InChI=1S/C21H24N2O5S/c1-12(23-19(25)14-8-4-5-9-15(14)20(23)26)21(27)28-13(2)18(24)22-16-10-6-7-11-17(16)29-3/h4-7,10-15H,8-9H2,1-3H3,(H,22,24)/t12-,13-,14-,15+/m1/s1. The van der Waals surface area contributed by atoms with Gasteiger partial charge >= 0.3 is 5.97 Å². The quantitative estimate of drug-likeness (QED) is 0.332. The van der Waals surface area contributed by atoms with Gasteiger partial charge in [-0.25, -0.2) is 4.79 Å². The molecule has 1 aromatic carbocycles. The number of hydrogen-bond acceptors (Lipinski definition) is 6. The Bertz CT molecular complexity index is 842. The Labute approximate surface area is 173 Å². The van der Waals surface area contributed by atoms with Crippen molar-refractivity contribution in [2.24, 2.45) is 11.8 Å². The van der Waals surface area contributed by atoms with Crippen LogP contribution in [0.2, 0.25) is 0 Å². The molecule has 29 heavy (non-hydrogen) atoms. The zero-order valence-corrected chi connectivity index (χ0v) is 17.4. The van der Waals surface area contributed by atoms with E-state index in [9.17, 15) is 19.2 Å². The minimum atomic E-state index is -1.07. The van der Waals surface area contributed by atoms with E-state index < -0.39 is 35.9 Å². The summed E-state index contributed by atoms with van der Waals surface area (Å²) >= 11 is 1.49. The monoisotopic (exact) mass is 416 g/mol. The highest BCUT2D eigenvalue weighted by Gasteiger charge is 2.50. The molecule has 8 heteroatoms. The molecule has 0 saturated carbocycles. The average molecular weight is 416 g/mol. The lowest BCUT2D eigenvalue weighted by Gasteiger charge is -2.23. The Hall–Kier alpha value is -2.61. The summed E-state index contributed by atoms with van der Waals surface area (Å²) in [5, 5.41) is 2.74. The van der Waals surface area contributed by atoms with E-state index in [-0.39, 0.29) is 11.8 Å². The molecule has 1 saturated heterocycles. The number of allylic oxidation sites excluding steroid dienone is 2. The van der Waals surface area contributed by atoms with Gasteiger partial charge in [0.15, 0.2) is 6.10 Å². The van der Waals surface area contributed by atoms with Crippen LogP contribution in [0.25, 0.3) is 0 Å². The molecule has 1 aromatic rings. The van der Waals surface area contributed by atoms with Crippen molar-refractivity contribution >= 4 is 41.1 Å². The van der Waals surface area contributed by atoms with E-state index >= 15 is 0 Å². The first-order valence-corrected chi connectivity index (χ1v) is 10.7.